The molecule has 2 aromatic carbocycles. The van der Waals surface area contributed by atoms with E-state index < -0.39 is 0 Å². The summed E-state index contributed by atoms with van der Waals surface area (Å²) in [5.74, 6) is -0.529. The summed E-state index contributed by atoms with van der Waals surface area (Å²) < 4.78 is 0. The minimum Gasteiger partial charge on any atom is -0.343 e. The highest BCUT2D eigenvalue weighted by Crippen LogP contribution is 2.16. The van der Waals surface area contributed by atoms with Gasteiger partial charge < -0.3 is 10.6 Å². The van der Waals surface area contributed by atoms with Crippen LogP contribution in [0.25, 0.3) is 10.9 Å². The molecule has 0 aliphatic rings. The first kappa shape index (κ1) is 15.7. The van der Waals surface area contributed by atoms with Gasteiger partial charge in [-0.15, -0.1) is 0 Å². The summed E-state index contributed by atoms with van der Waals surface area (Å²) in [4.78, 5) is 24.3. The fraction of sp³-hybridized carbons (Fsp3) is 0.167. The molecule has 0 saturated heterocycles. The molecule has 0 unspecified atom stereocenters. The number of H-pyrrole nitrogens is 1. The van der Waals surface area contributed by atoms with Crippen LogP contribution in [0.2, 0.25) is 0 Å². The van der Waals surface area contributed by atoms with Gasteiger partial charge in [0.05, 0.1) is 18.3 Å². The number of benzene rings is 2. The van der Waals surface area contributed by atoms with Crippen LogP contribution in [0.4, 0.5) is 5.69 Å². The first-order valence-electron chi connectivity index (χ1n) is 7.62. The summed E-state index contributed by atoms with van der Waals surface area (Å²) in [5.41, 5.74) is 3.88. The van der Waals surface area contributed by atoms with Crippen molar-refractivity contribution in [2.45, 2.75) is 13.8 Å². The van der Waals surface area contributed by atoms with E-state index in [-0.39, 0.29) is 18.4 Å². The van der Waals surface area contributed by atoms with Crippen LogP contribution in [0.15, 0.2) is 42.6 Å². The number of aryl methyl sites for hydroxylation is 2. The van der Waals surface area contributed by atoms with E-state index in [0.29, 0.717) is 11.3 Å². The first-order valence-corrected chi connectivity index (χ1v) is 7.62. The molecule has 1 heterocycles. The van der Waals surface area contributed by atoms with Crippen LogP contribution >= 0.6 is 0 Å². The summed E-state index contributed by atoms with van der Waals surface area (Å²) in [6, 6.07) is 11.1. The van der Waals surface area contributed by atoms with Crippen LogP contribution in [0, 0.1) is 13.8 Å². The van der Waals surface area contributed by atoms with Crippen molar-refractivity contribution < 1.29 is 9.59 Å². The van der Waals surface area contributed by atoms with E-state index in [4.69, 9.17) is 0 Å². The van der Waals surface area contributed by atoms with Gasteiger partial charge in [0.25, 0.3) is 5.91 Å². The van der Waals surface area contributed by atoms with Gasteiger partial charge in [-0.3, -0.25) is 14.7 Å². The van der Waals surface area contributed by atoms with Crippen LogP contribution in [-0.2, 0) is 4.79 Å². The zero-order valence-corrected chi connectivity index (χ0v) is 13.5. The molecule has 0 bridgehead atoms. The monoisotopic (exact) mass is 322 g/mol. The van der Waals surface area contributed by atoms with Gasteiger partial charge in [0.15, 0.2) is 0 Å². The average Bonchev–Trinajstić information content (AvgIpc) is 3.00. The van der Waals surface area contributed by atoms with Crippen molar-refractivity contribution in [3.05, 3.63) is 59.3 Å². The molecule has 3 N–H and O–H groups in total. The normalized spacial score (nSPS) is 10.6. The molecule has 122 valence electrons. The third kappa shape index (κ3) is 3.27. The van der Waals surface area contributed by atoms with Gasteiger partial charge in [0.1, 0.15) is 0 Å². The number of nitrogens with one attached hydrogen (secondary N) is 3. The van der Waals surface area contributed by atoms with E-state index in [0.717, 1.165) is 22.0 Å². The zero-order valence-electron chi connectivity index (χ0n) is 13.5. The van der Waals surface area contributed by atoms with Crippen LogP contribution < -0.4 is 10.6 Å². The quantitative estimate of drug-likeness (QED) is 0.690. The maximum Gasteiger partial charge on any atom is 0.252 e. The Balaban J connectivity index is 1.62. The van der Waals surface area contributed by atoms with Crippen molar-refractivity contribution >= 4 is 28.4 Å². The summed E-state index contributed by atoms with van der Waals surface area (Å²) in [6.45, 7) is 3.66. The predicted molar refractivity (Wildman–Crippen MR) is 93.0 cm³/mol. The van der Waals surface area contributed by atoms with Gasteiger partial charge in [0.2, 0.25) is 5.91 Å². The highest BCUT2D eigenvalue weighted by atomic mass is 16.2. The van der Waals surface area contributed by atoms with Gasteiger partial charge in [0, 0.05) is 16.6 Å². The second kappa shape index (κ2) is 6.54. The molecule has 3 aromatic rings. The van der Waals surface area contributed by atoms with Crippen LogP contribution in [-0.4, -0.2) is 28.6 Å². The van der Waals surface area contributed by atoms with Crippen LogP contribution in [0.1, 0.15) is 21.5 Å². The molecular weight excluding hydrogens is 304 g/mol. The van der Waals surface area contributed by atoms with Gasteiger partial charge >= 0.3 is 0 Å². The fourth-order valence-electron chi connectivity index (χ4n) is 2.64. The number of amides is 2. The fourth-order valence-corrected chi connectivity index (χ4v) is 2.64. The molecule has 24 heavy (non-hydrogen) atoms. The standard InChI is InChI=1S/C18H18N4O2/c1-11-4-3-5-12(2)17(11)18(24)19-10-16(23)21-14-7-6-13-9-20-22-15(13)8-14/h3-9H,10H2,1-2H3,(H,19,24)(H,20,22)(H,21,23). The van der Waals surface area contributed by atoms with Crippen molar-refractivity contribution in [2.75, 3.05) is 11.9 Å². The molecule has 0 aliphatic carbocycles. The van der Waals surface area contributed by atoms with Crippen molar-refractivity contribution in [3.8, 4) is 0 Å². The van der Waals surface area contributed by atoms with Crippen molar-refractivity contribution in [1.82, 2.24) is 15.5 Å². The molecule has 0 saturated carbocycles. The molecule has 1 aromatic heterocycles. The number of hydrogen-bond donors (Lipinski definition) is 3. The van der Waals surface area contributed by atoms with E-state index in [2.05, 4.69) is 20.8 Å². The second-order valence-electron chi connectivity index (χ2n) is 5.67. The zero-order chi connectivity index (χ0) is 17.1. The Kier molecular flexibility index (Phi) is 4.29. The SMILES string of the molecule is Cc1cccc(C)c1C(=O)NCC(=O)Nc1ccc2cn[nH]c2c1. The summed E-state index contributed by atoms with van der Waals surface area (Å²) in [6.07, 6.45) is 1.71. The average molecular weight is 322 g/mol. The predicted octanol–water partition coefficient (Wildman–Crippen LogP) is 2.55. The number of fused-ring (bicyclic) bond motifs is 1. The number of aromatic nitrogens is 2. The molecule has 3 rings (SSSR count). The lowest BCUT2D eigenvalue weighted by atomic mass is 10.0. The highest BCUT2D eigenvalue weighted by Gasteiger charge is 2.13. The summed E-state index contributed by atoms with van der Waals surface area (Å²) in [5, 5.41) is 13.2. The van der Waals surface area contributed by atoms with E-state index in [1.165, 1.54) is 0 Å². The lowest BCUT2D eigenvalue weighted by molar-refractivity contribution is -0.115. The Bertz CT molecular complexity index is 894. The highest BCUT2D eigenvalue weighted by molar-refractivity contribution is 6.01. The lowest BCUT2D eigenvalue weighted by Gasteiger charge is -2.10. The smallest absolute Gasteiger partial charge is 0.252 e. The van der Waals surface area contributed by atoms with Gasteiger partial charge in [-0.25, -0.2) is 0 Å². The Morgan fingerprint density at radius 1 is 1.12 bits per heavy atom. The van der Waals surface area contributed by atoms with Crippen LogP contribution in [0.5, 0.6) is 0 Å². The third-order valence-electron chi connectivity index (χ3n) is 3.84. The number of carbonyl (C=O) groups is 2. The Morgan fingerprint density at radius 2 is 1.88 bits per heavy atom. The molecule has 0 atom stereocenters. The molecule has 0 spiro atoms. The number of rotatable bonds is 4. The number of hydrogen-bond acceptors (Lipinski definition) is 3. The maximum absolute atomic E-state index is 12.3. The van der Waals surface area contributed by atoms with E-state index >= 15 is 0 Å². The van der Waals surface area contributed by atoms with E-state index in [1.54, 1.807) is 18.3 Å². The molecular formula is C18H18N4O2. The van der Waals surface area contributed by atoms with Crippen LogP contribution in [0.3, 0.4) is 0 Å². The van der Waals surface area contributed by atoms with Gasteiger partial charge in [-0.2, -0.15) is 5.10 Å². The molecule has 0 radical (unpaired) electrons. The molecule has 6 heteroatoms. The number of aromatic amines is 1. The number of anilines is 1. The van der Waals surface area contributed by atoms with E-state index in [9.17, 15) is 9.59 Å². The molecule has 2 amide bonds. The minimum absolute atomic E-state index is 0.0897. The van der Waals surface area contributed by atoms with Gasteiger partial charge in [-0.05, 0) is 43.2 Å². The van der Waals surface area contributed by atoms with Crippen molar-refractivity contribution in [2.24, 2.45) is 0 Å². The number of carbonyl (C=O) groups excluding carboxylic acids is 2. The first-order chi connectivity index (χ1) is 11.5. The van der Waals surface area contributed by atoms with Crippen molar-refractivity contribution in [1.29, 1.82) is 0 Å². The minimum atomic E-state index is -0.284. The molecule has 6 nitrogen and oxygen atoms in total. The van der Waals surface area contributed by atoms with Crippen molar-refractivity contribution in [3.63, 3.8) is 0 Å². The maximum atomic E-state index is 12.3. The lowest BCUT2D eigenvalue weighted by Crippen LogP contribution is -2.33. The van der Waals surface area contributed by atoms with E-state index in [1.807, 2.05) is 38.1 Å². The Hall–Kier alpha value is -3.15. The Morgan fingerprint density at radius 3 is 2.62 bits per heavy atom. The number of nitrogens with zero attached hydrogens (tertiary/aromatic N) is 1. The largest absolute Gasteiger partial charge is 0.343 e. The summed E-state index contributed by atoms with van der Waals surface area (Å²) in [7, 11) is 0. The summed E-state index contributed by atoms with van der Waals surface area (Å²) >= 11 is 0. The third-order valence-corrected chi connectivity index (χ3v) is 3.84. The molecule has 0 fully saturated rings. The Labute approximate surface area is 139 Å². The molecule has 0 aliphatic heterocycles. The topological polar surface area (TPSA) is 86.9 Å². The second-order valence-corrected chi connectivity index (χ2v) is 5.67. The van der Waals surface area contributed by atoms with Gasteiger partial charge in [-0.1, -0.05) is 18.2 Å².